The number of nitrogens with one attached hydrogen (secondary N) is 2. The van der Waals surface area contributed by atoms with Crippen molar-refractivity contribution in [2.75, 3.05) is 6.54 Å². The number of cyclic esters (lactones) is 1. The summed E-state index contributed by atoms with van der Waals surface area (Å²) in [6.07, 6.45) is 1.10. The van der Waals surface area contributed by atoms with Crippen LogP contribution in [-0.2, 0) is 4.74 Å². The van der Waals surface area contributed by atoms with Gasteiger partial charge in [-0.2, -0.15) is 0 Å². The van der Waals surface area contributed by atoms with Crippen LogP contribution in [0.4, 0.5) is 4.79 Å². The molecule has 1 aliphatic heterocycles. The number of ether oxygens (including phenoxy) is 1. The van der Waals surface area contributed by atoms with E-state index < -0.39 is 0 Å². The van der Waals surface area contributed by atoms with E-state index >= 15 is 0 Å². The van der Waals surface area contributed by atoms with Crippen molar-refractivity contribution in [3.63, 3.8) is 0 Å². The molecule has 15 heavy (non-hydrogen) atoms. The van der Waals surface area contributed by atoms with E-state index in [9.17, 15) is 4.79 Å². The summed E-state index contributed by atoms with van der Waals surface area (Å²) in [5, 5.41) is 2.62. The van der Waals surface area contributed by atoms with Gasteiger partial charge in [0, 0.05) is 0 Å². The highest BCUT2D eigenvalue weighted by atomic mass is 16.6. The van der Waals surface area contributed by atoms with E-state index in [1.54, 1.807) is 6.33 Å². The average molecular weight is 203 g/mol. The molecule has 2 N–H and O–H groups in total. The van der Waals surface area contributed by atoms with E-state index in [0.29, 0.717) is 6.54 Å². The molecule has 2 heterocycles. The Balaban J connectivity index is 2.00. The number of rotatable bonds is 1. The lowest BCUT2D eigenvalue weighted by molar-refractivity contribution is 0.141. The molecule has 0 saturated carbocycles. The second kappa shape index (κ2) is 2.98. The first-order chi connectivity index (χ1) is 7.33. The van der Waals surface area contributed by atoms with E-state index in [1.165, 1.54) is 0 Å². The van der Waals surface area contributed by atoms with Gasteiger partial charge in [-0.25, -0.2) is 9.78 Å². The largest absolute Gasteiger partial charge is 0.439 e. The molecule has 0 bridgehead atoms. The maximum absolute atomic E-state index is 10.9. The SMILES string of the molecule is O=C1NCC(c2ccc3nc[nH]c3c2)O1. The van der Waals surface area contributed by atoms with Crippen LogP contribution in [0.1, 0.15) is 11.7 Å². The third kappa shape index (κ3) is 1.32. The van der Waals surface area contributed by atoms with Gasteiger partial charge in [0.05, 0.1) is 23.9 Å². The van der Waals surface area contributed by atoms with Crippen molar-refractivity contribution in [2.45, 2.75) is 6.10 Å². The summed E-state index contributed by atoms with van der Waals surface area (Å²) in [5.41, 5.74) is 2.84. The Hall–Kier alpha value is -2.04. The number of imidazole rings is 1. The number of benzene rings is 1. The van der Waals surface area contributed by atoms with E-state index in [0.717, 1.165) is 16.6 Å². The summed E-state index contributed by atoms with van der Waals surface area (Å²) >= 11 is 0. The maximum atomic E-state index is 10.9. The molecule has 0 radical (unpaired) electrons. The van der Waals surface area contributed by atoms with Gasteiger partial charge in [0.2, 0.25) is 0 Å². The minimum absolute atomic E-state index is 0.190. The number of aromatic amines is 1. The van der Waals surface area contributed by atoms with Crippen LogP contribution in [-0.4, -0.2) is 22.6 Å². The van der Waals surface area contributed by atoms with Crippen molar-refractivity contribution in [1.29, 1.82) is 0 Å². The van der Waals surface area contributed by atoms with Gasteiger partial charge < -0.3 is 15.0 Å². The minimum Gasteiger partial charge on any atom is -0.439 e. The van der Waals surface area contributed by atoms with Crippen LogP contribution in [0.15, 0.2) is 24.5 Å². The first-order valence-corrected chi connectivity index (χ1v) is 4.70. The molecule has 1 amide bonds. The highest BCUT2D eigenvalue weighted by Gasteiger charge is 2.24. The lowest BCUT2D eigenvalue weighted by Crippen LogP contribution is -2.12. The van der Waals surface area contributed by atoms with Crippen LogP contribution < -0.4 is 5.32 Å². The molecular formula is C10H9N3O2. The van der Waals surface area contributed by atoms with Crippen molar-refractivity contribution >= 4 is 17.1 Å². The Morgan fingerprint density at radius 2 is 2.40 bits per heavy atom. The van der Waals surface area contributed by atoms with Gasteiger partial charge in [0.15, 0.2) is 0 Å². The van der Waals surface area contributed by atoms with E-state index in [-0.39, 0.29) is 12.2 Å². The summed E-state index contributed by atoms with van der Waals surface area (Å²) in [6.45, 7) is 0.526. The second-order valence-electron chi connectivity index (χ2n) is 3.45. The molecule has 1 aromatic carbocycles. The Kier molecular flexibility index (Phi) is 1.65. The van der Waals surface area contributed by atoms with Gasteiger partial charge in [-0.05, 0) is 17.7 Å². The second-order valence-corrected chi connectivity index (χ2v) is 3.45. The molecule has 5 nitrogen and oxygen atoms in total. The van der Waals surface area contributed by atoms with Crippen molar-refractivity contribution in [3.8, 4) is 0 Å². The average Bonchev–Trinajstić information content (AvgIpc) is 2.84. The summed E-state index contributed by atoms with van der Waals surface area (Å²) < 4.78 is 5.09. The molecule has 2 aromatic rings. The lowest BCUT2D eigenvalue weighted by atomic mass is 10.1. The van der Waals surface area contributed by atoms with Crippen LogP contribution in [0.3, 0.4) is 0 Å². The molecule has 1 unspecified atom stereocenters. The number of nitrogens with zero attached hydrogens (tertiary/aromatic N) is 1. The number of fused-ring (bicyclic) bond motifs is 1. The van der Waals surface area contributed by atoms with E-state index in [1.807, 2.05) is 18.2 Å². The fraction of sp³-hybridized carbons (Fsp3) is 0.200. The molecule has 0 aliphatic carbocycles. The molecular weight excluding hydrogens is 194 g/mol. The molecule has 1 saturated heterocycles. The van der Waals surface area contributed by atoms with Gasteiger partial charge >= 0.3 is 6.09 Å². The smallest absolute Gasteiger partial charge is 0.407 e. The number of hydrogen-bond donors (Lipinski definition) is 2. The predicted molar refractivity (Wildman–Crippen MR) is 53.3 cm³/mol. The quantitative estimate of drug-likeness (QED) is 0.735. The lowest BCUT2D eigenvalue weighted by Gasteiger charge is -2.07. The topological polar surface area (TPSA) is 67.0 Å². The minimum atomic E-state index is -0.357. The first-order valence-electron chi connectivity index (χ1n) is 4.70. The third-order valence-electron chi connectivity index (χ3n) is 2.50. The summed E-state index contributed by atoms with van der Waals surface area (Å²) in [4.78, 5) is 18.0. The Labute approximate surface area is 85.5 Å². The highest BCUT2D eigenvalue weighted by molar-refractivity contribution is 5.76. The molecule has 76 valence electrons. The zero-order valence-corrected chi connectivity index (χ0v) is 7.86. The number of hydrogen-bond acceptors (Lipinski definition) is 3. The third-order valence-corrected chi connectivity index (χ3v) is 2.50. The molecule has 0 spiro atoms. The Morgan fingerprint density at radius 3 is 3.20 bits per heavy atom. The van der Waals surface area contributed by atoms with E-state index in [4.69, 9.17) is 4.74 Å². The normalized spacial score (nSPS) is 20.3. The van der Waals surface area contributed by atoms with Gasteiger partial charge in [-0.1, -0.05) is 6.07 Å². The van der Waals surface area contributed by atoms with Crippen LogP contribution in [0.5, 0.6) is 0 Å². The van der Waals surface area contributed by atoms with Gasteiger partial charge in [0.25, 0.3) is 0 Å². The maximum Gasteiger partial charge on any atom is 0.407 e. The molecule has 1 aromatic heterocycles. The zero-order chi connectivity index (χ0) is 10.3. The molecule has 5 heteroatoms. The fourth-order valence-electron chi connectivity index (χ4n) is 1.73. The highest BCUT2D eigenvalue weighted by Crippen LogP contribution is 2.23. The van der Waals surface area contributed by atoms with Gasteiger partial charge in [-0.15, -0.1) is 0 Å². The number of carbonyl (C=O) groups is 1. The standard InChI is InChI=1S/C10H9N3O2/c14-10-11-4-9(15-10)6-1-2-7-8(3-6)13-5-12-7/h1-3,5,9H,4H2,(H,11,14)(H,12,13). The molecule has 1 fully saturated rings. The summed E-state index contributed by atoms with van der Waals surface area (Å²) in [5.74, 6) is 0. The first kappa shape index (κ1) is 8.28. The summed E-state index contributed by atoms with van der Waals surface area (Å²) in [6, 6.07) is 5.79. The van der Waals surface area contributed by atoms with Crippen LogP contribution >= 0.6 is 0 Å². The number of carbonyl (C=O) groups excluding carboxylic acids is 1. The Bertz CT molecular complexity index is 520. The predicted octanol–water partition coefficient (Wildman–Crippen LogP) is 1.34. The molecule has 1 aliphatic rings. The number of aromatic nitrogens is 2. The van der Waals surface area contributed by atoms with Crippen LogP contribution in [0.2, 0.25) is 0 Å². The molecule has 1 atom stereocenters. The van der Waals surface area contributed by atoms with Gasteiger partial charge in [0.1, 0.15) is 6.10 Å². The molecule has 3 rings (SSSR count). The van der Waals surface area contributed by atoms with Gasteiger partial charge in [-0.3, -0.25) is 0 Å². The number of H-pyrrole nitrogens is 1. The van der Waals surface area contributed by atoms with Crippen LogP contribution in [0.25, 0.3) is 11.0 Å². The van der Waals surface area contributed by atoms with E-state index in [2.05, 4.69) is 15.3 Å². The number of amides is 1. The number of alkyl carbamates (subject to hydrolysis) is 1. The monoisotopic (exact) mass is 203 g/mol. The van der Waals surface area contributed by atoms with Crippen molar-refractivity contribution in [1.82, 2.24) is 15.3 Å². The Morgan fingerprint density at radius 1 is 1.47 bits per heavy atom. The van der Waals surface area contributed by atoms with Crippen molar-refractivity contribution in [2.24, 2.45) is 0 Å². The fourth-order valence-corrected chi connectivity index (χ4v) is 1.73. The van der Waals surface area contributed by atoms with Crippen LogP contribution in [0, 0.1) is 0 Å². The van der Waals surface area contributed by atoms with Crippen molar-refractivity contribution in [3.05, 3.63) is 30.1 Å². The van der Waals surface area contributed by atoms with Crippen molar-refractivity contribution < 1.29 is 9.53 Å². The summed E-state index contributed by atoms with van der Waals surface area (Å²) in [7, 11) is 0. The zero-order valence-electron chi connectivity index (χ0n) is 7.86.